The number of ketones is 1. The number of allylic oxidation sites excluding steroid dienone is 1. The lowest BCUT2D eigenvalue weighted by molar-refractivity contribution is -0.120. The number of nitrogens with zero attached hydrogens (tertiary/aromatic N) is 1. The molecule has 9 heteroatoms. The number of fused-ring (bicyclic) bond motifs is 2. The van der Waals surface area contributed by atoms with E-state index in [1.807, 2.05) is 59.6 Å². The molecule has 45 heavy (non-hydrogen) atoms. The number of ether oxygens (including phenoxy) is 3. The van der Waals surface area contributed by atoms with Crippen molar-refractivity contribution in [3.63, 3.8) is 0 Å². The Morgan fingerprint density at radius 3 is 2.44 bits per heavy atom. The van der Waals surface area contributed by atoms with Crippen LogP contribution in [0.25, 0.3) is 10.9 Å². The fraction of sp³-hybridized carbons (Fsp3) is 0.333. The first kappa shape index (κ1) is 30.1. The molecule has 9 nitrogen and oxygen atoms in total. The monoisotopic (exact) mass is 608 g/mol. The van der Waals surface area contributed by atoms with Crippen molar-refractivity contribution in [1.82, 2.24) is 10.3 Å². The summed E-state index contributed by atoms with van der Waals surface area (Å²) in [5.41, 5.74) is 5.84. The second kappa shape index (κ2) is 12.2. The third-order valence-electron chi connectivity index (χ3n) is 8.74. The summed E-state index contributed by atoms with van der Waals surface area (Å²) < 4.78 is 17.2. The van der Waals surface area contributed by atoms with E-state index < -0.39 is 6.04 Å². The van der Waals surface area contributed by atoms with Crippen LogP contribution in [0.1, 0.15) is 43.9 Å². The van der Waals surface area contributed by atoms with Crippen molar-refractivity contribution >= 4 is 34.0 Å². The van der Waals surface area contributed by atoms with Crippen LogP contribution in [-0.2, 0) is 16.0 Å². The summed E-state index contributed by atoms with van der Waals surface area (Å²) in [5.74, 6) is 1.44. The van der Waals surface area contributed by atoms with E-state index in [-0.39, 0.29) is 23.7 Å². The largest absolute Gasteiger partial charge is 0.496 e. The van der Waals surface area contributed by atoms with E-state index in [0.29, 0.717) is 54.2 Å². The van der Waals surface area contributed by atoms with E-state index in [1.54, 1.807) is 27.4 Å². The lowest BCUT2D eigenvalue weighted by Gasteiger charge is -2.38. The molecule has 0 saturated heterocycles. The smallest absolute Gasteiger partial charge is 0.239 e. The first-order valence-corrected chi connectivity index (χ1v) is 15.2. The minimum Gasteiger partial charge on any atom is -0.496 e. The third kappa shape index (κ3) is 5.82. The number of methoxy groups -OCH3 is 3. The lowest BCUT2D eigenvalue weighted by Crippen LogP contribution is -2.42. The predicted octanol–water partition coefficient (Wildman–Crippen LogP) is 6.17. The molecule has 3 N–H and O–H groups in total. The maximum Gasteiger partial charge on any atom is 0.239 e. The summed E-state index contributed by atoms with van der Waals surface area (Å²) in [6.45, 7) is 4.71. The van der Waals surface area contributed by atoms with E-state index in [9.17, 15) is 9.59 Å². The molecule has 0 bridgehead atoms. The summed E-state index contributed by atoms with van der Waals surface area (Å²) >= 11 is 0. The third-order valence-corrected chi connectivity index (χ3v) is 8.74. The van der Waals surface area contributed by atoms with Crippen molar-refractivity contribution in [2.24, 2.45) is 5.41 Å². The van der Waals surface area contributed by atoms with Gasteiger partial charge in [-0.2, -0.15) is 0 Å². The van der Waals surface area contributed by atoms with Crippen molar-refractivity contribution in [2.75, 3.05) is 44.6 Å². The lowest BCUT2D eigenvalue weighted by atomic mass is 9.73. The Morgan fingerprint density at radius 1 is 0.956 bits per heavy atom. The molecule has 0 saturated carbocycles. The molecule has 0 spiro atoms. The van der Waals surface area contributed by atoms with Gasteiger partial charge in [-0.15, -0.1) is 0 Å². The van der Waals surface area contributed by atoms with Gasteiger partial charge < -0.3 is 34.7 Å². The van der Waals surface area contributed by atoms with Gasteiger partial charge in [0.2, 0.25) is 5.91 Å². The molecule has 1 aliphatic carbocycles. The Labute approximate surface area is 263 Å². The maximum absolute atomic E-state index is 14.1. The van der Waals surface area contributed by atoms with Gasteiger partial charge in [-0.05, 0) is 48.1 Å². The SMILES string of the molecule is COc1cc(OC)c(C2C3=C(CC(C)(C)CC3=O)Nc3ccccc3N2CC(=O)NCCc2c[nH]c3ccccc23)cc1OC. The van der Waals surface area contributed by atoms with Gasteiger partial charge in [-0.1, -0.05) is 44.2 Å². The number of anilines is 2. The molecule has 6 rings (SSSR count). The molecule has 1 atom stereocenters. The number of hydrogen-bond donors (Lipinski definition) is 3. The maximum atomic E-state index is 14.1. The highest BCUT2D eigenvalue weighted by Crippen LogP contribution is 2.51. The first-order chi connectivity index (χ1) is 21.7. The second-order valence-corrected chi connectivity index (χ2v) is 12.4. The Morgan fingerprint density at radius 2 is 1.67 bits per heavy atom. The van der Waals surface area contributed by atoms with Crippen LogP contribution >= 0.6 is 0 Å². The topological polar surface area (TPSA) is 105 Å². The molecule has 1 aliphatic heterocycles. The average Bonchev–Trinajstić information content (AvgIpc) is 3.38. The van der Waals surface area contributed by atoms with Crippen molar-refractivity contribution in [2.45, 2.75) is 39.2 Å². The number of aromatic amines is 1. The van der Waals surface area contributed by atoms with Crippen LogP contribution in [0, 0.1) is 5.41 Å². The highest BCUT2D eigenvalue weighted by molar-refractivity contribution is 6.02. The van der Waals surface area contributed by atoms with Gasteiger partial charge >= 0.3 is 0 Å². The summed E-state index contributed by atoms with van der Waals surface area (Å²) in [6.07, 6.45) is 3.75. The van der Waals surface area contributed by atoms with Crippen LogP contribution in [0.3, 0.4) is 0 Å². The van der Waals surface area contributed by atoms with Crippen LogP contribution in [0.4, 0.5) is 11.4 Å². The molecule has 3 aromatic carbocycles. The van der Waals surface area contributed by atoms with Crippen LogP contribution in [0.15, 0.2) is 78.1 Å². The molecule has 0 radical (unpaired) electrons. The Kier molecular flexibility index (Phi) is 8.18. The van der Waals surface area contributed by atoms with E-state index in [2.05, 4.69) is 35.5 Å². The number of nitrogens with one attached hydrogen (secondary N) is 3. The van der Waals surface area contributed by atoms with E-state index in [0.717, 1.165) is 33.5 Å². The Bertz CT molecular complexity index is 1790. The fourth-order valence-electron chi connectivity index (χ4n) is 6.70. The molecule has 2 heterocycles. The van der Waals surface area contributed by atoms with Gasteiger partial charge in [0, 0.05) is 53.0 Å². The zero-order valence-electron chi connectivity index (χ0n) is 26.5. The number of rotatable bonds is 9. The van der Waals surface area contributed by atoms with Crippen molar-refractivity contribution in [3.05, 3.63) is 89.3 Å². The average molecular weight is 609 g/mol. The number of hydrogen-bond acceptors (Lipinski definition) is 7. The van der Waals surface area contributed by atoms with Gasteiger partial charge in [0.15, 0.2) is 17.3 Å². The molecule has 2 aliphatic rings. The Balaban J connectivity index is 1.41. The van der Waals surface area contributed by atoms with Gasteiger partial charge in [-0.25, -0.2) is 0 Å². The molecule has 0 fully saturated rings. The van der Waals surface area contributed by atoms with Gasteiger partial charge in [0.05, 0.1) is 45.3 Å². The molecule has 1 amide bonds. The van der Waals surface area contributed by atoms with Crippen molar-refractivity contribution in [3.8, 4) is 17.2 Å². The number of para-hydroxylation sites is 3. The van der Waals surface area contributed by atoms with Crippen molar-refractivity contribution in [1.29, 1.82) is 0 Å². The summed E-state index contributed by atoms with van der Waals surface area (Å²) in [5, 5.41) is 7.88. The number of aromatic nitrogens is 1. The number of Topliss-reactive ketones (excluding diaryl/α,β-unsaturated/α-hetero) is 1. The number of benzene rings is 3. The van der Waals surface area contributed by atoms with E-state index in [1.165, 1.54) is 0 Å². The molecular weight excluding hydrogens is 568 g/mol. The highest BCUT2D eigenvalue weighted by atomic mass is 16.5. The Hall–Kier alpha value is -4.92. The fourth-order valence-corrected chi connectivity index (χ4v) is 6.70. The van der Waals surface area contributed by atoms with Crippen LogP contribution in [-0.4, -0.2) is 51.1 Å². The molecule has 1 aromatic heterocycles. The minimum atomic E-state index is -0.631. The number of carbonyl (C=O) groups is 2. The van der Waals surface area contributed by atoms with Gasteiger partial charge in [-0.3, -0.25) is 9.59 Å². The quantitative estimate of drug-likeness (QED) is 0.209. The summed E-state index contributed by atoms with van der Waals surface area (Å²) in [6, 6.07) is 19.0. The summed E-state index contributed by atoms with van der Waals surface area (Å²) in [4.78, 5) is 33.2. The molecule has 1 unspecified atom stereocenters. The number of carbonyl (C=O) groups excluding carboxylic acids is 2. The van der Waals surface area contributed by atoms with Crippen LogP contribution in [0.5, 0.6) is 17.2 Å². The van der Waals surface area contributed by atoms with E-state index in [4.69, 9.17) is 14.2 Å². The van der Waals surface area contributed by atoms with Gasteiger partial charge in [0.1, 0.15) is 5.75 Å². The summed E-state index contributed by atoms with van der Waals surface area (Å²) in [7, 11) is 4.75. The van der Waals surface area contributed by atoms with Crippen LogP contribution < -0.4 is 29.7 Å². The van der Waals surface area contributed by atoms with Crippen LogP contribution in [0.2, 0.25) is 0 Å². The molecule has 234 valence electrons. The van der Waals surface area contributed by atoms with Gasteiger partial charge in [0.25, 0.3) is 0 Å². The molecular formula is C36H40N4O5. The van der Waals surface area contributed by atoms with Crippen molar-refractivity contribution < 1.29 is 23.8 Å². The standard InChI is InChI=1S/C36H40N4O5/c1-36(2)18-27-34(29(41)19-36)35(24-16-31(44-4)32(45-5)17-30(24)43-3)40(28-13-9-8-12-26(28)39-27)21-33(42)37-15-14-22-20-38-25-11-7-6-10-23(22)25/h6-13,16-17,20,35,38-39H,14-15,18-19,21H2,1-5H3,(H,37,42). The predicted molar refractivity (Wildman–Crippen MR) is 176 cm³/mol. The molecule has 4 aromatic rings. The zero-order chi connectivity index (χ0) is 31.7. The normalized spacial score (nSPS) is 17.2. The zero-order valence-corrected chi connectivity index (χ0v) is 26.5. The second-order valence-electron chi connectivity index (χ2n) is 12.4. The number of H-pyrrole nitrogens is 1. The van der Waals surface area contributed by atoms with E-state index >= 15 is 0 Å². The minimum absolute atomic E-state index is 0.0161. The first-order valence-electron chi connectivity index (χ1n) is 15.2. The number of amides is 1. The highest BCUT2D eigenvalue weighted by Gasteiger charge is 2.43.